The highest BCUT2D eigenvalue weighted by molar-refractivity contribution is 5.41. The SMILES string of the molecule is CCOc1cccc(C(NN)c2ccc3c(c2)CCC3)c1. The maximum Gasteiger partial charge on any atom is 0.119 e. The van der Waals surface area contributed by atoms with Gasteiger partial charge in [0.2, 0.25) is 0 Å². The van der Waals surface area contributed by atoms with Gasteiger partial charge in [-0.05, 0) is 60.6 Å². The third-order valence-electron chi connectivity index (χ3n) is 4.12. The highest BCUT2D eigenvalue weighted by atomic mass is 16.5. The average molecular weight is 282 g/mol. The van der Waals surface area contributed by atoms with Gasteiger partial charge in [-0.3, -0.25) is 5.84 Å². The molecule has 2 aromatic rings. The van der Waals surface area contributed by atoms with Crippen molar-refractivity contribution in [2.24, 2.45) is 5.84 Å². The van der Waals surface area contributed by atoms with Crippen molar-refractivity contribution >= 4 is 0 Å². The largest absolute Gasteiger partial charge is 0.494 e. The number of aryl methyl sites for hydroxylation is 2. The van der Waals surface area contributed by atoms with Gasteiger partial charge in [0, 0.05) is 0 Å². The van der Waals surface area contributed by atoms with Gasteiger partial charge < -0.3 is 4.74 Å². The molecule has 1 aliphatic carbocycles. The predicted octanol–water partition coefficient (Wildman–Crippen LogP) is 3.13. The van der Waals surface area contributed by atoms with Crippen molar-refractivity contribution < 1.29 is 4.74 Å². The fourth-order valence-corrected chi connectivity index (χ4v) is 3.11. The minimum absolute atomic E-state index is 0.00342. The fourth-order valence-electron chi connectivity index (χ4n) is 3.11. The fraction of sp³-hybridized carbons (Fsp3) is 0.333. The molecule has 0 saturated carbocycles. The van der Waals surface area contributed by atoms with E-state index >= 15 is 0 Å². The van der Waals surface area contributed by atoms with E-state index in [1.165, 1.54) is 36.0 Å². The molecule has 0 aromatic heterocycles. The standard InChI is InChI=1S/C18H22N2O/c1-2-21-17-8-4-7-15(12-17)18(20-19)16-10-9-13-5-3-6-14(13)11-16/h4,7-12,18,20H,2-3,5-6,19H2,1H3. The van der Waals surface area contributed by atoms with E-state index in [2.05, 4.69) is 35.8 Å². The van der Waals surface area contributed by atoms with Gasteiger partial charge in [0.05, 0.1) is 12.6 Å². The molecule has 0 bridgehead atoms. The van der Waals surface area contributed by atoms with Crippen molar-refractivity contribution in [1.29, 1.82) is 0 Å². The number of fused-ring (bicyclic) bond motifs is 1. The Morgan fingerprint density at radius 3 is 2.71 bits per heavy atom. The Kier molecular flexibility index (Phi) is 4.23. The van der Waals surface area contributed by atoms with Crippen LogP contribution in [-0.4, -0.2) is 6.61 Å². The van der Waals surface area contributed by atoms with E-state index in [4.69, 9.17) is 10.6 Å². The normalized spacial score (nSPS) is 14.8. The van der Waals surface area contributed by atoms with E-state index in [1.807, 2.05) is 19.1 Å². The zero-order valence-corrected chi connectivity index (χ0v) is 12.4. The molecular weight excluding hydrogens is 260 g/mol. The first-order valence-corrected chi connectivity index (χ1v) is 7.62. The summed E-state index contributed by atoms with van der Waals surface area (Å²) in [6.45, 7) is 2.66. The number of hydrazine groups is 1. The van der Waals surface area contributed by atoms with Crippen LogP contribution in [0.1, 0.15) is 41.6 Å². The maximum atomic E-state index is 5.82. The van der Waals surface area contributed by atoms with Crippen molar-refractivity contribution in [3.05, 3.63) is 64.7 Å². The van der Waals surface area contributed by atoms with Crippen molar-refractivity contribution in [2.45, 2.75) is 32.2 Å². The minimum atomic E-state index is -0.00342. The third-order valence-corrected chi connectivity index (χ3v) is 4.12. The molecule has 3 nitrogen and oxygen atoms in total. The summed E-state index contributed by atoms with van der Waals surface area (Å²) in [5.41, 5.74) is 8.23. The molecule has 3 rings (SSSR count). The molecule has 3 N–H and O–H groups in total. The summed E-state index contributed by atoms with van der Waals surface area (Å²) in [5, 5.41) is 0. The van der Waals surface area contributed by atoms with Gasteiger partial charge in [-0.25, -0.2) is 5.43 Å². The summed E-state index contributed by atoms with van der Waals surface area (Å²) in [7, 11) is 0. The second-order valence-electron chi connectivity index (χ2n) is 5.49. The minimum Gasteiger partial charge on any atom is -0.494 e. The average Bonchev–Trinajstić information content (AvgIpc) is 2.96. The molecule has 3 heteroatoms. The molecule has 2 aromatic carbocycles. The van der Waals surface area contributed by atoms with E-state index in [0.717, 1.165) is 11.3 Å². The molecule has 1 atom stereocenters. The van der Waals surface area contributed by atoms with Gasteiger partial charge in [-0.1, -0.05) is 30.3 Å². The Balaban J connectivity index is 1.92. The quantitative estimate of drug-likeness (QED) is 0.654. The van der Waals surface area contributed by atoms with Gasteiger partial charge in [-0.2, -0.15) is 0 Å². The molecule has 21 heavy (non-hydrogen) atoms. The monoisotopic (exact) mass is 282 g/mol. The molecule has 0 aliphatic heterocycles. The summed E-state index contributed by atoms with van der Waals surface area (Å²) >= 11 is 0. The van der Waals surface area contributed by atoms with Gasteiger partial charge in [0.25, 0.3) is 0 Å². The molecule has 110 valence electrons. The summed E-state index contributed by atoms with van der Waals surface area (Å²) < 4.78 is 5.58. The maximum absolute atomic E-state index is 5.82. The highest BCUT2D eigenvalue weighted by Crippen LogP contribution is 2.29. The van der Waals surface area contributed by atoms with Gasteiger partial charge in [0.1, 0.15) is 5.75 Å². The molecule has 1 unspecified atom stereocenters. The summed E-state index contributed by atoms with van der Waals surface area (Å²) in [5.74, 6) is 6.70. The number of nitrogens with one attached hydrogen (secondary N) is 1. The van der Waals surface area contributed by atoms with Crippen LogP contribution in [-0.2, 0) is 12.8 Å². The molecular formula is C18H22N2O. The molecule has 1 aliphatic rings. The lowest BCUT2D eigenvalue weighted by molar-refractivity contribution is 0.339. The van der Waals surface area contributed by atoms with Gasteiger partial charge in [0.15, 0.2) is 0 Å². The molecule has 0 fully saturated rings. The van der Waals surface area contributed by atoms with Crippen LogP contribution in [0.25, 0.3) is 0 Å². The molecule has 0 spiro atoms. The van der Waals surface area contributed by atoms with Crippen LogP contribution in [0, 0.1) is 0 Å². The van der Waals surface area contributed by atoms with E-state index in [-0.39, 0.29) is 6.04 Å². The first-order chi connectivity index (χ1) is 10.3. The van der Waals surface area contributed by atoms with Crippen LogP contribution in [0.2, 0.25) is 0 Å². The van der Waals surface area contributed by atoms with E-state index < -0.39 is 0 Å². The second kappa shape index (κ2) is 6.29. The van der Waals surface area contributed by atoms with Crippen LogP contribution < -0.4 is 16.0 Å². The van der Waals surface area contributed by atoms with Crippen molar-refractivity contribution in [3.63, 3.8) is 0 Å². The summed E-state index contributed by atoms with van der Waals surface area (Å²) in [6.07, 6.45) is 3.65. The number of rotatable bonds is 5. The van der Waals surface area contributed by atoms with Crippen molar-refractivity contribution in [3.8, 4) is 5.75 Å². The van der Waals surface area contributed by atoms with Crippen molar-refractivity contribution in [2.75, 3.05) is 6.61 Å². The number of benzene rings is 2. The lowest BCUT2D eigenvalue weighted by atomic mass is 9.96. The molecule has 0 saturated heterocycles. The van der Waals surface area contributed by atoms with Gasteiger partial charge >= 0.3 is 0 Å². The zero-order valence-electron chi connectivity index (χ0n) is 12.4. The number of hydrogen-bond donors (Lipinski definition) is 2. The van der Waals surface area contributed by atoms with E-state index in [0.29, 0.717) is 6.61 Å². The number of hydrogen-bond acceptors (Lipinski definition) is 3. The third kappa shape index (κ3) is 2.94. The van der Waals surface area contributed by atoms with Crippen molar-refractivity contribution in [1.82, 2.24) is 5.43 Å². The van der Waals surface area contributed by atoms with Crippen LogP contribution in [0.3, 0.4) is 0 Å². The molecule has 0 heterocycles. The number of nitrogens with two attached hydrogens (primary N) is 1. The zero-order chi connectivity index (χ0) is 14.7. The van der Waals surface area contributed by atoms with Crippen LogP contribution in [0.15, 0.2) is 42.5 Å². The first kappa shape index (κ1) is 14.1. The Labute approximate surface area is 126 Å². The second-order valence-corrected chi connectivity index (χ2v) is 5.49. The highest BCUT2D eigenvalue weighted by Gasteiger charge is 2.17. The Bertz CT molecular complexity index is 624. The molecule has 0 amide bonds. The van der Waals surface area contributed by atoms with Crippen LogP contribution >= 0.6 is 0 Å². The topological polar surface area (TPSA) is 47.3 Å². The predicted molar refractivity (Wildman–Crippen MR) is 85.2 cm³/mol. The van der Waals surface area contributed by atoms with E-state index in [1.54, 1.807) is 0 Å². The smallest absolute Gasteiger partial charge is 0.119 e. The number of ether oxygens (including phenoxy) is 1. The van der Waals surface area contributed by atoms with Crippen LogP contribution in [0.4, 0.5) is 0 Å². The van der Waals surface area contributed by atoms with Gasteiger partial charge in [-0.15, -0.1) is 0 Å². The van der Waals surface area contributed by atoms with Crippen LogP contribution in [0.5, 0.6) is 5.75 Å². The van der Waals surface area contributed by atoms with E-state index in [9.17, 15) is 0 Å². The Hall–Kier alpha value is -1.84. The Morgan fingerprint density at radius 2 is 1.90 bits per heavy atom. The molecule has 0 radical (unpaired) electrons. The summed E-state index contributed by atoms with van der Waals surface area (Å²) in [6, 6.07) is 14.8. The lowest BCUT2D eigenvalue weighted by Crippen LogP contribution is -2.28. The lowest BCUT2D eigenvalue weighted by Gasteiger charge is -2.19. The Morgan fingerprint density at radius 1 is 1.10 bits per heavy atom. The summed E-state index contributed by atoms with van der Waals surface area (Å²) in [4.78, 5) is 0. The first-order valence-electron chi connectivity index (χ1n) is 7.62.